The summed E-state index contributed by atoms with van der Waals surface area (Å²) in [6, 6.07) is 0. The Kier molecular flexibility index (Phi) is 8.61. The minimum atomic E-state index is -4.00. The summed E-state index contributed by atoms with van der Waals surface area (Å²) in [5.74, 6) is 1.73. The number of hydrogen-bond donors (Lipinski definition) is 1. The largest absolute Gasteiger partial charge is 0.516 e. The lowest BCUT2D eigenvalue weighted by Crippen LogP contribution is -2.06. The number of aliphatic hydroxyl groups is 1. The number of aliphatic hydroxyl groups excluding tert-OH is 1. The van der Waals surface area contributed by atoms with Crippen LogP contribution >= 0.6 is 11.8 Å². The van der Waals surface area contributed by atoms with Gasteiger partial charge in [-0.1, -0.05) is 12.8 Å². The van der Waals surface area contributed by atoms with Crippen LogP contribution in [-0.2, 0) is 0 Å². The Bertz CT molecular complexity index is 202. The Hall–Kier alpha value is -0.320. The molecule has 0 atom stereocenters. The van der Waals surface area contributed by atoms with Gasteiger partial charge in [-0.05, 0) is 31.1 Å². The zero-order chi connectivity index (χ0) is 12.4. The van der Waals surface area contributed by atoms with Crippen molar-refractivity contribution < 1.29 is 18.3 Å². The van der Waals surface area contributed by atoms with E-state index in [4.69, 9.17) is 5.11 Å². The van der Waals surface area contributed by atoms with Gasteiger partial charge in [0.15, 0.2) is 0 Å². The molecule has 0 aliphatic rings. The third-order valence-electron chi connectivity index (χ3n) is 2.05. The van der Waals surface area contributed by atoms with Crippen molar-refractivity contribution in [1.29, 1.82) is 0 Å². The molecule has 16 heavy (non-hydrogen) atoms. The summed E-state index contributed by atoms with van der Waals surface area (Å²) >= 11 is 1.70. The van der Waals surface area contributed by atoms with E-state index in [0.717, 1.165) is 36.2 Å². The molecule has 0 saturated heterocycles. The summed E-state index contributed by atoms with van der Waals surface area (Å²) < 4.78 is 35.3. The van der Waals surface area contributed by atoms with Crippen LogP contribution in [0.1, 0.15) is 39.0 Å². The average Bonchev–Trinajstić information content (AvgIpc) is 2.20. The average molecular weight is 256 g/mol. The van der Waals surface area contributed by atoms with E-state index in [1.165, 1.54) is 0 Å². The minimum Gasteiger partial charge on any atom is -0.516 e. The van der Waals surface area contributed by atoms with Crippen molar-refractivity contribution in [2.24, 2.45) is 0 Å². The second-order valence-electron chi connectivity index (χ2n) is 3.81. The van der Waals surface area contributed by atoms with Crippen LogP contribution in [0.5, 0.6) is 0 Å². The van der Waals surface area contributed by atoms with Crippen molar-refractivity contribution in [2.45, 2.75) is 45.2 Å². The van der Waals surface area contributed by atoms with Gasteiger partial charge in [0.1, 0.15) is 0 Å². The molecule has 1 N–H and O–H groups in total. The van der Waals surface area contributed by atoms with Crippen LogP contribution in [0.2, 0.25) is 0 Å². The van der Waals surface area contributed by atoms with E-state index in [1.54, 1.807) is 11.8 Å². The van der Waals surface area contributed by atoms with Crippen molar-refractivity contribution in [3.63, 3.8) is 0 Å². The molecule has 0 aliphatic carbocycles. The molecule has 0 bridgehead atoms. The van der Waals surface area contributed by atoms with Crippen LogP contribution in [0, 0.1) is 0 Å². The molecule has 96 valence electrons. The zero-order valence-corrected chi connectivity index (χ0v) is 10.3. The van der Waals surface area contributed by atoms with Crippen LogP contribution < -0.4 is 0 Å². The van der Waals surface area contributed by atoms with E-state index in [-0.39, 0.29) is 6.42 Å². The fraction of sp³-hybridized carbons (Fsp3) is 0.818. The van der Waals surface area contributed by atoms with Crippen LogP contribution in [0.25, 0.3) is 0 Å². The van der Waals surface area contributed by atoms with Crippen molar-refractivity contribution >= 4 is 11.8 Å². The number of hydrogen-bond acceptors (Lipinski definition) is 2. The first kappa shape index (κ1) is 15.7. The molecule has 0 amide bonds. The lowest BCUT2D eigenvalue weighted by Gasteiger charge is -2.05. The molecular weight excluding hydrogens is 237 g/mol. The Morgan fingerprint density at radius 2 is 1.81 bits per heavy atom. The molecule has 0 heterocycles. The smallest absolute Gasteiger partial charge is 0.389 e. The number of alkyl halides is 3. The molecule has 0 unspecified atom stereocenters. The Morgan fingerprint density at radius 1 is 1.19 bits per heavy atom. The van der Waals surface area contributed by atoms with Crippen molar-refractivity contribution in [1.82, 2.24) is 0 Å². The molecule has 0 fully saturated rings. The van der Waals surface area contributed by atoms with Gasteiger partial charge in [0, 0.05) is 12.2 Å². The van der Waals surface area contributed by atoms with Crippen LogP contribution in [0.4, 0.5) is 13.2 Å². The predicted octanol–water partition coefficient (Wildman–Crippen LogP) is 4.69. The number of halogens is 3. The Balaban J connectivity index is 3.16. The van der Waals surface area contributed by atoms with Gasteiger partial charge in [-0.15, -0.1) is 0 Å². The van der Waals surface area contributed by atoms with Crippen LogP contribution in [0.15, 0.2) is 11.8 Å². The Labute approximate surface area is 99.1 Å². The highest BCUT2D eigenvalue weighted by Gasteiger charge is 2.25. The highest BCUT2D eigenvalue weighted by atomic mass is 32.2. The predicted molar refractivity (Wildman–Crippen MR) is 62.9 cm³/mol. The normalized spacial score (nSPS) is 13.1. The monoisotopic (exact) mass is 256 g/mol. The molecule has 5 heteroatoms. The standard InChI is InChI=1S/C11H19F3OS/c1-10(8-15)9-16-7-5-3-2-4-6-11(12,13)14/h8,15H,2-7,9H2,1H3. The van der Waals surface area contributed by atoms with Gasteiger partial charge in [-0.3, -0.25) is 0 Å². The van der Waals surface area contributed by atoms with Crippen molar-refractivity contribution in [3.05, 3.63) is 11.8 Å². The van der Waals surface area contributed by atoms with Gasteiger partial charge in [-0.25, -0.2) is 0 Å². The number of thioether (sulfide) groups is 1. The van der Waals surface area contributed by atoms with Gasteiger partial charge in [0.2, 0.25) is 0 Å². The van der Waals surface area contributed by atoms with Gasteiger partial charge in [-0.2, -0.15) is 24.9 Å². The highest BCUT2D eigenvalue weighted by molar-refractivity contribution is 7.99. The van der Waals surface area contributed by atoms with Gasteiger partial charge >= 0.3 is 6.18 Å². The van der Waals surface area contributed by atoms with E-state index in [9.17, 15) is 13.2 Å². The number of unbranched alkanes of at least 4 members (excludes halogenated alkanes) is 3. The topological polar surface area (TPSA) is 20.2 Å². The minimum absolute atomic E-state index is 0.240. The molecule has 0 aromatic rings. The van der Waals surface area contributed by atoms with Crippen molar-refractivity contribution in [2.75, 3.05) is 11.5 Å². The lowest BCUT2D eigenvalue weighted by atomic mass is 10.1. The second-order valence-corrected chi connectivity index (χ2v) is 4.91. The summed E-state index contributed by atoms with van der Waals surface area (Å²) in [5, 5.41) is 8.60. The number of rotatable bonds is 8. The maximum atomic E-state index is 11.8. The molecule has 0 spiro atoms. The third kappa shape index (κ3) is 11.8. The molecule has 0 saturated carbocycles. The first-order chi connectivity index (χ1) is 7.45. The SMILES string of the molecule is CC(=CO)CSCCCCCCC(F)(F)F. The van der Waals surface area contributed by atoms with E-state index in [1.807, 2.05) is 6.92 Å². The summed E-state index contributed by atoms with van der Waals surface area (Å²) in [6.45, 7) is 1.84. The quantitative estimate of drug-likeness (QED) is 0.502. The molecular formula is C11H19F3OS. The van der Waals surface area contributed by atoms with Gasteiger partial charge < -0.3 is 5.11 Å². The molecule has 0 rings (SSSR count). The molecule has 1 nitrogen and oxygen atoms in total. The maximum absolute atomic E-state index is 11.8. The van der Waals surface area contributed by atoms with Gasteiger partial charge in [0.25, 0.3) is 0 Å². The first-order valence-corrected chi connectivity index (χ1v) is 6.55. The van der Waals surface area contributed by atoms with E-state index >= 15 is 0 Å². The Morgan fingerprint density at radius 3 is 2.38 bits per heavy atom. The summed E-state index contributed by atoms with van der Waals surface area (Å²) in [7, 11) is 0. The van der Waals surface area contributed by atoms with Crippen LogP contribution in [0.3, 0.4) is 0 Å². The zero-order valence-electron chi connectivity index (χ0n) is 9.52. The van der Waals surface area contributed by atoms with E-state index < -0.39 is 12.6 Å². The fourth-order valence-electron chi connectivity index (χ4n) is 1.15. The third-order valence-corrected chi connectivity index (χ3v) is 3.29. The van der Waals surface area contributed by atoms with Crippen LogP contribution in [-0.4, -0.2) is 22.8 Å². The fourth-order valence-corrected chi connectivity index (χ4v) is 2.10. The second kappa shape index (κ2) is 8.79. The molecule has 0 aliphatic heterocycles. The molecule has 0 aromatic heterocycles. The summed E-state index contributed by atoms with van der Waals surface area (Å²) in [6.07, 6.45) is -0.883. The van der Waals surface area contributed by atoms with Gasteiger partial charge in [0.05, 0.1) is 6.26 Å². The maximum Gasteiger partial charge on any atom is 0.389 e. The highest BCUT2D eigenvalue weighted by Crippen LogP contribution is 2.23. The van der Waals surface area contributed by atoms with E-state index in [2.05, 4.69) is 0 Å². The molecule has 0 aromatic carbocycles. The van der Waals surface area contributed by atoms with E-state index in [0.29, 0.717) is 6.42 Å². The van der Waals surface area contributed by atoms with Crippen molar-refractivity contribution in [3.8, 4) is 0 Å². The molecule has 0 radical (unpaired) electrons. The summed E-state index contributed by atoms with van der Waals surface area (Å²) in [4.78, 5) is 0. The lowest BCUT2D eigenvalue weighted by molar-refractivity contribution is -0.135. The summed E-state index contributed by atoms with van der Waals surface area (Å²) in [5.41, 5.74) is 0.919. The first-order valence-electron chi connectivity index (χ1n) is 5.40.